The minimum atomic E-state index is 0.838. The standard InChI is InChI=1S/C74H57N8/c1-79-41-33-55(34-42-79)51-7-5-49(6-8-51)50-9-17-59(18-10-50)71-63-25-27-65(75-63)72(60-19-11-52(12-20-60)56-35-43-80(2)44-36-56)67-29-31-69(77-67)74(62-23-15-54(16-24-62)58-39-47-82(4)48-40-58)70-32-30-68(78-70)73(66-28-26-64(71)76-66)61-21-13-53(14-22-61)57-37-45-81(3)46-38-57/h5-48H,1-4H3,(H,75,76,77,78)/q+3/p+1. The first-order valence-electron chi connectivity index (χ1n) is 27.7. The molecule has 0 unspecified atom stereocenters. The van der Waals surface area contributed by atoms with Crippen LogP contribution in [0.15, 0.2) is 244 Å². The van der Waals surface area contributed by atoms with Gasteiger partial charge >= 0.3 is 0 Å². The van der Waals surface area contributed by atoms with E-state index in [1.807, 2.05) is 28.2 Å². The van der Waals surface area contributed by atoms with E-state index >= 15 is 0 Å². The van der Waals surface area contributed by atoms with Crippen molar-refractivity contribution < 1.29 is 18.3 Å². The number of H-pyrrole nitrogens is 2. The molecule has 0 radical (unpaired) electrons. The van der Waals surface area contributed by atoms with Gasteiger partial charge in [0.2, 0.25) is 0 Å². The van der Waals surface area contributed by atoms with Gasteiger partial charge in [-0.2, -0.15) is 0 Å². The number of nitrogens with zero attached hydrogens (tertiary/aromatic N) is 6. The molecule has 0 atom stereocenters. The molecule has 82 heavy (non-hydrogen) atoms. The lowest BCUT2D eigenvalue weighted by atomic mass is 9.98. The Morgan fingerprint density at radius 3 is 0.646 bits per heavy atom. The minimum Gasteiger partial charge on any atom is -0.354 e. The van der Waals surface area contributed by atoms with Crippen molar-refractivity contribution in [2.45, 2.75) is 0 Å². The summed E-state index contributed by atoms with van der Waals surface area (Å²) in [6.45, 7) is 0. The van der Waals surface area contributed by atoms with Gasteiger partial charge in [-0.1, -0.05) is 121 Å². The first kappa shape index (κ1) is 49.6. The number of rotatable bonds is 9. The highest BCUT2D eigenvalue weighted by molar-refractivity contribution is 6.01. The topological polar surface area (TPSA) is 72.9 Å². The van der Waals surface area contributed by atoms with E-state index < -0.39 is 0 Å². The summed E-state index contributed by atoms with van der Waals surface area (Å²) in [5.41, 5.74) is 27.0. The average Bonchev–Trinajstić information content (AvgIpc) is 4.29. The Balaban J connectivity index is 0.995. The van der Waals surface area contributed by atoms with Crippen LogP contribution in [0.1, 0.15) is 22.8 Å². The van der Waals surface area contributed by atoms with Crippen LogP contribution in [0.4, 0.5) is 0 Å². The zero-order valence-corrected chi connectivity index (χ0v) is 46.1. The van der Waals surface area contributed by atoms with E-state index in [4.69, 9.17) is 9.97 Å². The van der Waals surface area contributed by atoms with Crippen molar-refractivity contribution in [2.24, 2.45) is 28.2 Å². The molecule has 390 valence electrons. The second kappa shape index (κ2) is 20.8. The molecular weight excluding hydrogens is 1000 g/mol. The Hall–Kier alpha value is -10.7. The lowest BCUT2D eigenvalue weighted by Gasteiger charge is -2.09. The Morgan fingerprint density at radius 2 is 0.390 bits per heavy atom. The molecule has 5 aromatic carbocycles. The van der Waals surface area contributed by atoms with Crippen molar-refractivity contribution in [3.8, 4) is 100 Å². The van der Waals surface area contributed by atoms with Crippen molar-refractivity contribution in [2.75, 3.05) is 0 Å². The third-order valence-corrected chi connectivity index (χ3v) is 15.9. The fraction of sp³-hybridized carbons (Fsp3) is 0.0541. The third-order valence-electron chi connectivity index (χ3n) is 15.9. The molecule has 0 saturated carbocycles. The Labute approximate surface area is 476 Å². The summed E-state index contributed by atoms with van der Waals surface area (Å²) in [7, 11) is 8.17. The molecule has 12 aromatic rings. The van der Waals surface area contributed by atoms with E-state index in [-0.39, 0.29) is 0 Å². The fourth-order valence-corrected chi connectivity index (χ4v) is 11.4. The van der Waals surface area contributed by atoms with Gasteiger partial charge in [0.25, 0.3) is 0 Å². The molecule has 0 amide bonds. The van der Waals surface area contributed by atoms with Crippen LogP contribution in [0.2, 0.25) is 0 Å². The van der Waals surface area contributed by atoms with Crippen molar-refractivity contribution in [1.82, 2.24) is 19.9 Å². The minimum absolute atomic E-state index is 0.838. The molecule has 0 saturated heterocycles. The van der Waals surface area contributed by atoms with Crippen LogP contribution in [0.3, 0.4) is 0 Å². The van der Waals surface area contributed by atoms with Crippen LogP contribution in [-0.2, 0) is 28.2 Å². The van der Waals surface area contributed by atoms with Gasteiger partial charge in [-0.3, -0.25) is 0 Å². The summed E-state index contributed by atoms with van der Waals surface area (Å²) in [4.78, 5) is 19.2. The fourth-order valence-electron chi connectivity index (χ4n) is 11.4. The van der Waals surface area contributed by atoms with E-state index in [2.05, 4.69) is 296 Å². The highest BCUT2D eigenvalue weighted by atomic mass is 14.9. The molecule has 8 heteroatoms. The summed E-state index contributed by atoms with van der Waals surface area (Å²) in [5, 5.41) is 0. The molecule has 0 aliphatic carbocycles. The van der Waals surface area contributed by atoms with Crippen LogP contribution < -0.4 is 18.3 Å². The van der Waals surface area contributed by atoms with Crippen molar-refractivity contribution >= 4 is 46.4 Å². The average molecular weight is 1060 g/mol. The molecule has 14 rings (SSSR count). The Morgan fingerprint density at radius 1 is 0.207 bits per heavy atom. The number of aryl methyl sites for hydroxylation is 4. The summed E-state index contributed by atoms with van der Waals surface area (Å²) < 4.78 is 8.23. The van der Waals surface area contributed by atoms with E-state index in [1.54, 1.807) is 0 Å². The van der Waals surface area contributed by atoms with E-state index in [0.29, 0.717) is 0 Å². The van der Waals surface area contributed by atoms with Crippen molar-refractivity contribution in [3.63, 3.8) is 0 Å². The smallest absolute Gasteiger partial charge is 0.169 e. The summed E-state index contributed by atoms with van der Waals surface area (Å²) in [6, 6.07) is 70.4. The molecule has 2 aliphatic heterocycles. The van der Waals surface area contributed by atoms with Crippen molar-refractivity contribution in [1.29, 1.82) is 0 Å². The zero-order chi connectivity index (χ0) is 55.3. The number of aromatic nitrogens is 8. The van der Waals surface area contributed by atoms with Gasteiger partial charge in [-0.05, 0) is 126 Å². The lowest BCUT2D eigenvalue weighted by Crippen LogP contribution is -2.25. The lowest BCUT2D eigenvalue weighted by molar-refractivity contribution is -0.671. The molecule has 8 bridgehead atoms. The number of pyridine rings is 4. The summed E-state index contributed by atoms with van der Waals surface area (Å²) in [5.74, 6) is 0. The molecule has 0 fully saturated rings. The highest BCUT2D eigenvalue weighted by Crippen LogP contribution is 2.40. The quantitative estimate of drug-likeness (QED) is 0.141. The number of fused-ring (bicyclic) bond motifs is 8. The number of hydrogen-bond donors (Lipinski definition) is 2. The van der Waals surface area contributed by atoms with E-state index in [0.717, 1.165) is 134 Å². The van der Waals surface area contributed by atoms with Gasteiger partial charge < -0.3 is 9.97 Å². The summed E-state index contributed by atoms with van der Waals surface area (Å²) >= 11 is 0. The van der Waals surface area contributed by atoms with Gasteiger partial charge in [0.1, 0.15) is 28.2 Å². The number of benzene rings is 5. The second-order valence-electron chi connectivity index (χ2n) is 21.4. The van der Waals surface area contributed by atoms with Crippen LogP contribution in [0.5, 0.6) is 0 Å². The predicted molar refractivity (Wildman–Crippen MR) is 332 cm³/mol. The first-order chi connectivity index (χ1) is 40.2. The second-order valence-corrected chi connectivity index (χ2v) is 21.4. The zero-order valence-electron chi connectivity index (χ0n) is 46.1. The van der Waals surface area contributed by atoms with E-state index in [9.17, 15) is 0 Å². The predicted octanol–water partition coefficient (Wildman–Crippen LogP) is 15.0. The third kappa shape index (κ3) is 9.62. The maximum atomic E-state index is 5.62. The van der Waals surface area contributed by atoms with Gasteiger partial charge in [0.05, 0.1) is 22.8 Å². The normalized spacial score (nSPS) is 11.8. The monoisotopic (exact) mass is 1060 g/mol. The maximum Gasteiger partial charge on any atom is 0.169 e. The number of nitrogens with one attached hydrogen (secondary N) is 2. The van der Waals surface area contributed by atoms with Crippen LogP contribution in [0, 0.1) is 0 Å². The molecule has 9 heterocycles. The SMILES string of the molecule is C[n+]1ccc(-c2ccc(-c3ccc(-c4c5ccc([nH]5)c(-c5ccc(-c6cc[n+](C)cc6)cc5)c5nc(c(-c6ccc(-c7cc[n+](C)cc7)cc6)c6nc(c(-c7ccc(-c8cc[n+](C)cc8)cc7)c7ccc4[nH]7)C=C6)C=C5)cc3)cc2)cc1. The molecular formula is C74H58N8+4. The van der Waals surface area contributed by atoms with Crippen LogP contribution >= 0.6 is 0 Å². The maximum absolute atomic E-state index is 5.62. The van der Waals surface area contributed by atoms with E-state index in [1.165, 1.54) is 11.1 Å². The first-order valence-corrected chi connectivity index (χ1v) is 27.7. The largest absolute Gasteiger partial charge is 0.354 e. The molecule has 0 spiro atoms. The van der Waals surface area contributed by atoms with Gasteiger partial charge in [-0.15, -0.1) is 0 Å². The summed E-state index contributed by atoms with van der Waals surface area (Å²) in [6.07, 6.45) is 25.3. The van der Waals surface area contributed by atoms with Crippen LogP contribution in [0.25, 0.3) is 147 Å². The molecule has 2 N–H and O–H groups in total. The molecule has 2 aliphatic rings. The number of aromatic amines is 2. The Kier molecular flexibility index (Phi) is 12.6. The molecule has 7 aromatic heterocycles. The Bertz CT molecular complexity index is 4420. The van der Waals surface area contributed by atoms with Crippen LogP contribution in [-0.4, -0.2) is 19.9 Å². The number of hydrogen-bond acceptors (Lipinski definition) is 2. The molecule has 8 nitrogen and oxygen atoms in total. The highest BCUT2D eigenvalue weighted by Gasteiger charge is 2.21. The van der Waals surface area contributed by atoms with Gasteiger partial charge in [-0.25, -0.2) is 28.2 Å². The van der Waals surface area contributed by atoms with Gasteiger partial charge in [0.15, 0.2) is 49.6 Å². The van der Waals surface area contributed by atoms with Gasteiger partial charge in [0, 0.05) is 92.9 Å². The van der Waals surface area contributed by atoms with Crippen molar-refractivity contribution in [3.05, 3.63) is 266 Å².